The smallest absolute Gasteiger partial charge is 0.254 e. The number of nitrogens with zero attached hydrogens (tertiary/aromatic N) is 6. The lowest BCUT2D eigenvalue weighted by atomic mass is 9.96. The molecular weight excluding hydrogens is 669 g/mol. The van der Waals surface area contributed by atoms with Gasteiger partial charge in [-0.3, -0.25) is 29.4 Å². The number of aryl methyl sites for hydroxylation is 2. The Morgan fingerprint density at radius 2 is 1.64 bits per heavy atom. The Bertz CT molecular complexity index is 1940. The molecule has 12 heteroatoms. The zero-order chi connectivity index (χ0) is 37.5. The van der Waals surface area contributed by atoms with Crippen molar-refractivity contribution < 1.29 is 19.2 Å². The molecule has 4 aromatic rings. The summed E-state index contributed by atoms with van der Waals surface area (Å²) in [6.45, 7) is 12.7. The maximum absolute atomic E-state index is 13.4. The molecule has 53 heavy (non-hydrogen) atoms. The highest BCUT2D eigenvalue weighted by molar-refractivity contribution is 6.02. The second-order valence-corrected chi connectivity index (χ2v) is 14.2. The first kappa shape index (κ1) is 37.1. The number of hydrogen-bond donors (Lipinski definition) is 2. The SMILES string of the molecule is Cc1ccc(-c2ccnc(Nc3ccc(N4CCN(CC5CN(c6ccc(C=O)c(C(=O)N(C)C(C)CCC(=O)NC=O)c6)C5)CC4)cc3)n2)cc1C. The Kier molecular flexibility index (Phi) is 11.8. The van der Waals surface area contributed by atoms with Crippen LogP contribution in [-0.4, -0.2) is 103 Å². The minimum absolute atomic E-state index is 0.120. The highest BCUT2D eigenvalue weighted by Crippen LogP contribution is 2.29. The molecule has 2 N–H and O–H groups in total. The van der Waals surface area contributed by atoms with Crippen LogP contribution in [0, 0.1) is 19.8 Å². The molecule has 3 aromatic carbocycles. The van der Waals surface area contributed by atoms with Crippen molar-refractivity contribution >= 4 is 47.5 Å². The molecule has 1 aromatic heterocycles. The van der Waals surface area contributed by atoms with Crippen molar-refractivity contribution in [2.45, 2.75) is 39.7 Å². The van der Waals surface area contributed by atoms with Gasteiger partial charge in [0, 0.05) is 106 Å². The Hall–Kier alpha value is -5.62. The minimum atomic E-state index is -0.390. The maximum atomic E-state index is 13.4. The third-order valence-electron chi connectivity index (χ3n) is 10.5. The molecule has 276 valence electrons. The van der Waals surface area contributed by atoms with Crippen molar-refractivity contribution in [1.29, 1.82) is 0 Å². The van der Waals surface area contributed by atoms with E-state index in [9.17, 15) is 19.2 Å². The summed E-state index contributed by atoms with van der Waals surface area (Å²) in [5.41, 5.74) is 8.20. The second kappa shape index (κ2) is 16.8. The number of nitrogens with one attached hydrogen (secondary N) is 2. The number of rotatable bonds is 14. The third kappa shape index (κ3) is 9.07. The molecule has 2 aliphatic heterocycles. The van der Waals surface area contributed by atoms with Crippen LogP contribution in [0.25, 0.3) is 11.3 Å². The van der Waals surface area contributed by atoms with E-state index in [1.807, 2.05) is 19.1 Å². The molecule has 1 unspecified atom stereocenters. The van der Waals surface area contributed by atoms with Gasteiger partial charge in [-0.25, -0.2) is 9.97 Å². The van der Waals surface area contributed by atoms with Gasteiger partial charge in [-0.05, 0) is 92.9 Å². The summed E-state index contributed by atoms with van der Waals surface area (Å²) in [6, 6.07) is 21.9. The van der Waals surface area contributed by atoms with Gasteiger partial charge in [0.25, 0.3) is 5.91 Å². The molecule has 0 radical (unpaired) electrons. The zero-order valence-electron chi connectivity index (χ0n) is 30.9. The van der Waals surface area contributed by atoms with Crippen molar-refractivity contribution in [2.75, 3.05) is 68.0 Å². The number of hydrogen-bond acceptors (Lipinski definition) is 10. The van der Waals surface area contributed by atoms with E-state index in [1.165, 1.54) is 16.8 Å². The predicted octanol–water partition coefficient (Wildman–Crippen LogP) is 5.09. The average Bonchev–Trinajstić information content (AvgIpc) is 3.16. The number of anilines is 4. The predicted molar refractivity (Wildman–Crippen MR) is 208 cm³/mol. The average molecular weight is 717 g/mol. The second-order valence-electron chi connectivity index (χ2n) is 14.2. The molecule has 1 atom stereocenters. The maximum Gasteiger partial charge on any atom is 0.254 e. The molecule has 2 aliphatic rings. The molecule has 0 aliphatic carbocycles. The van der Waals surface area contributed by atoms with Gasteiger partial charge in [0.15, 0.2) is 6.29 Å². The van der Waals surface area contributed by atoms with Gasteiger partial charge in [-0.15, -0.1) is 0 Å². The van der Waals surface area contributed by atoms with E-state index >= 15 is 0 Å². The fraction of sp³-hybridized carbons (Fsp3) is 0.366. The van der Waals surface area contributed by atoms with Crippen LogP contribution in [-0.2, 0) is 9.59 Å². The van der Waals surface area contributed by atoms with Gasteiger partial charge in [-0.1, -0.05) is 12.1 Å². The highest BCUT2D eigenvalue weighted by atomic mass is 16.2. The van der Waals surface area contributed by atoms with Crippen molar-refractivity contribution in [1.82, 2.24) is 25.1 Å². The summed E-state index contributed by atoms with van der Waals surface area (Å²) in [5.74, 6) is 0.427. The minimum Gasteiger partial charge on any atom is -0.371 e. The Balaban J connectivity index is 0.962. The number of benzene rings is 3. The summed E-state index contributed by atoms with van der Waals surface area (Å²) in [7, 11) is 1.67. The fourth-order valence-corrected chi connectivity index (χ4v) is 6.91. The standard InChI is InChI=1S/C41H48N8O4/c1-28-5-7-32(21-29(28)2)38-15-16-42-41(45-38)44-34-9-12-35(13-10-34)48-19-17-47(18-20-48)23-31-24-49(25-31)36-11-8-33(26-50)37(22-36)40(53)46(4)30(3)6-14-39(52)43-27-51/h5,7-13,15-16,21-22,26-27,30-31H,6,14,17-20,23-25H2,1-4H3,(H,42,44,45)(H,43,51,52). The number of amides is 3. The van der Waals surface area contributed by atoms with Crippen molar-refractivity contribution in [2.24, 2.45) is 5.92 Å². The van der Waals surface area contributed by atoms with Crippen LogP contribution in [0.3, 0.4) is 0 Å². The van der Waals surface area contributed by atoms with E-state index in [2.05, 4.69) is 86.6 Å². The van der Waals surface area contributed by atoms with E-state index in [4.69, 9.17) is 4.98 Å². The van der Waals surface area contributed by atoms with Gasteiger partial charge >= 0.3 is 0 Å². The van der Waals surface area contributed by atoms with Crippen LogP contribution >= 0.6 is 0 Å². The number of carbonyl (C=O) groups excluding carboxylic acids is 4. The lowest BCUT2D eigenvalue weighted by Gasteiger charge is -2.45. The lowest BCUT2D eigenvalue weighted by Crippen LogP contribution is -2.55. The third-order valence-corrected chi connectivity index (χ3v) is 10.5. The van der Waals surface area contributed by atoms with Gasteiger partial charge in [0.1, 0.15) is 0 Å². The monoisotopic (exact) mass is 716 g/mol. The van der Waals surface area contributed by atoms with E-state index < -0.39 is 0 Å². The molecule has 0 saturated carbocycles. The first-order valence-corrected chi connectivity index (χ1v) is 18.2. The van der Waals surface area contributed by atoms with Gasteiger partial charge in [0.2, 0.25) is 18.3 Å². The molecular formula is C41H48N8O4. The van der Waals surface area contributed by atoms with Crippen LogP contribution in [0.2, 0.25) is 0 Å². The molecule has 6 rings (SSSR count). The molecule has 2 saturated heterocycles. The summed E-state index contributed by atoms with van der Waals surface area (Å²) >= 11 is 0. The number of carbonyl (C=O) groups is 4. The summed E-state index contributed by atoms with van der Waals surface area (Å²) in [5, 5.41) is 5.47. The number of imide groups is 1. The lowest BCUT2D eigenvalue weighted by molar-refractivity contribution is -0.125. The van der Waals surface area contributed by atoms with Crippen LogP contribution < -0.4 is 20.4 Å². The van der Waals surface area contributed by atoms with E-state index in [0.717, 1.165) is 68.4 Å². The Labute approximate surface area is 311 Å². The summed E-state index contributed by atoms with van der Waals surface area (Å²) in [6.07, 6.45) is 3.36. The van der Waals surface area contributed by atoms with E-state index in [1.54, 1.807) is 30.3 Å². The fourth-order valence-electron chi connectivity index (χ4n) is 6.91. The summed E-state index contributed by atoms with van der Waals surface area (Å²) in [4.78, 5) is 65.4. The van der Waals surface area contributed by atoms with Gasteiger partial charge in [-0.2, -0.15) is 0 Å². The quantitative estimate of drug-likeness (QED) is 0.170. The Morgan fingerprint density at radius 3 is 2.34 bits per heavy atom. The number of aromatic nitrogens is 2. The normalized spacial score (nSPS) is 15.3. The summed E-state index contributed by atoms with van der Waals surface area (Å²) < 4.78 is 0. The molecule has 3 heterocycles. The topological polar surface area (TPSA) is 131 Å². The van der Waals surface area contributed by atoms with Crippen LogP contribution in [0.4, 0.5) is 23.0 Å². The number of aldehydes is 1. The van der Waals surface area contributed by atoms with Crippen LogP contribution in [0.15, 0.2) is 72.9 Å². The van der Waals surface area contributed by atoms with Gasteiger partial charge in [0.05, 0.1) is 11.3 Å². The number of piperazine rings is 1. The molecule has 0 bridgehead atoms. The van der Waals surface area contributed by atoms with E-state index in [-0.39, 0.29) is 24.3 Å². The van der Waals surface area contributed by atoms with Crippen molar-refractivity contribution in [3.8, 4) is 11.3 Å². The van der Waals surface area contributed by atoms with E-state index in [0.29, 0.717) is 42.1 Å². The Morgan fingerprint density at radius 1 is 0.906 bits per heavy atom. The van der Waals surface area contributed by atoms with Crippen molar-refractivity contribution in [3.63, 3.8) is 0 Å². The molecule has 2 fully saturated rings. The molecule has 0 spiro atoms. The largest absolute Gasteiger partial charge is 0.371 e. The highest BCUT2D eigenvalue weighted by Gasteiger charge is 2.31. The first-order valence-electron chi connectivity index (χ1n) is 18.2. The first-order chi connectivity index (χ1) is 25.6. The van der Waals surface area contributed by atoms with Crippen LogP contribution in [0.1, 0.15) is 51.6 Å². The molecule has 12 nitrogen and oxygen atoms in total. The van der Waals surface area contributed by atoms with Crippen LogP contribution in [0.5, 0.6) is 0 Å². The van der Waals surface area contributed by atoms with Crippen molar-refractivity contribution in [3.05, 3.63) is 95.2 Å². The molecule has 3 amide bonds. The zero-order valence-corrected chi connectivity index (χ0v) is 30.9. The van der Waals surface area contributed by atoms with Gasteiger partial charge < -0.3 is 20.0 Å².